The van der Waals surface area contributed by atoms with E-state index in [1.54, 1.807) is 13.0 Å². The first-order valence-corrected chi connectivity index (χ1v) is 10.0. The van der Waals surface area contributed by atoms with Crippen LogP contribution in [0.4, 0.5) is 4.39 Å². The highest BCUT2D eigenvalue weighted by molar-refractivity contribution is 14.1. The second-order valence-electron chi connectivity index (χ2n) is 8.25. The van der Waals surface area contributed by atoms with Crippen LogP contribution in [0.5, 0.6) is 0 Å². The Morgan fingerprint density at radius 1 is 1.42 bits per heavy atom. The van der Waals surface area contributed by atoms with Gasteiger partial charge in [-0.2, -0.15) is 0 Å². The molecule has 1 spiro atoms. The van der Waals surface area contributed by atoms with E-state index in [2.05, 4.69) is 27.9 Å². The smallest absolute Gasteiger partial charge is 0.254 e. The van der Waals surface area contributed by atoms with Gasteiger partial charge in [-0.25, -0.2) is 4.39 Å². The standard InChI is InChI=1S/C19H22FIN2O3/c1-18(26)5-11(6-18)8-22-16(24)9-23-10-19(7-15(19)20)14-4-12(21)2-3-13(14)17(23)25/h2-4,11,15,26H,5-10H2,1H3,(H,22,24)/t11?,15-,18?,19+/m1/s1. The van der Waals surface area contributed by atoms with E-state index in [0.717, 1.165) is 9.13 Å². The minimum Gasteiger partial charge on any atom is -0.390 e. The maximum atomic E-state index is 14.2. The number of hydrogen-bond acceptors (Lipinski definition) is 3. The molecule has 7 heteroatoms. The van der Waals surface area contributed by atoms with Crippen molar-refractivity contribution in [3.63, 3.8) is 0 Å². The van der Waals surface area contributed by atoms with E-state index < -0.39 is 17.2 Å². The van der Waals surface area contributed by atoms with Crippen LogP contribution in [0, 0.1) is 9.49 Å². The van der Waals surface area contributed by atoms with Crippen molar-refractivity contribution in [3.05, 3.63) is 32.9 Å². The highest BCUT2D eigenvalue weighted by Gasteiger charge is 2.61. The predicted molar refractivity (Wildman–Crippen MR) is 103 cm³/mol. The monoisotopic (exact) mass is 472 g/mol. The molecule has 1 heterocycles. The molecule has 3 aliphatic rings. The zero-order valence-corrected chi connectivity index (χ0v) is 16.8. The maximum Gasteiger partial charge on any atom is 0.254 e. The van der Waals surface area contributed by atoms with E-state index in [-0.39, 0.29) is 30.8 Å². The van der Waals surface area contributed by atoms with Gasteiger partial charge in [0.1, 0.15) is 6.17 Å². The molecule has 2 aliphatic carbocycles. The van der Waals surface area contributed by atoms with Crippen LogP contribution in [0.25, 0.3) is 0 Å². The molecule has 5 nitrogen and oxygen atoms in total. The summed E-state index contributed by atoms with van der Waals surface area (Å²) < 4.78 is 15.2. The molecule has 1 aromatic rings. The van der Waals surface area contributed by atoms with Crippen molar-refractivity contribution in [2.24, 2.45) is 5.92 Å². The highest BCUT2D eigenvalue weighted by Crippen LogP contribution is 2.54. The zero-order chi connectivity index (χ0) is 18.7. The second kappa shape index (κ2) is 6.15. The summed E-state index contributed by atoms with van der Waals surface area (Å²) >= 11 is 2.17. The largest absolute Gasteiger partial charge is 0.390 e. The molecule has 2 fully saturated rings. The van der Waals surface area contributed by atoms with Crippen molar-refractivity contribution in [3.8, 4) is 0 Å². The van der Waals surface area contributed by atoms with E-state index in [9.17, 15) is 19.1 Å². The first-order chi connectivity index (χ1) is 12.2. The lowest BCUT2D eigenvalue weighted by molar-refractivity contribution is -0.123. The molecule has 0 saturated heterocycles. The van der Waals surface area contributed by atoms with Gasteiger partial charge >= 0.3 is 0 Å². The lowest BCUT2D eigenvalue weighted by atomic mass is 9.72. The Kier molecular flexibility index (Phi) is 4.30. The third kappa shape index (κ3) is 3.13. The molecule has 0 bridgehead atoms. The van der Waals surface area contributed by atoms with Gasteiger partial charge in [-0.05, 0) is 78.5 Å². The van der Waals surface area contributed by atoms with Crippen molar-refractivity contribution in [2.45, 2.75) is 43.4 Å². The second-order valence-corrected chi connectivity index (χ2v) is 9.50. The molecule has 4 rings (SSSR count). The van der Waals surface area contributed by atoms with Crippen molar-refractivity contribution < 1.29 is 19.1 Å². The molecule has 1 aliphatic heterocycles. The van der Waals surface area contributed by atoms with Gasteiger partial charge < -0.3 is 15.3 Å². The molecule has 2 atom stereocenters. The lowest BCUT2D eigenvalue weighted by Crippen LogP contribution is -2.50. The van der Waals surface area contributed by atoms with Gasteiger partial charge in [-0.3, -0.25) is 9.59 Å². The first kappa shape index (κ1) is 18.2. The number of aliphatic hydroxyl groups is 1. The van der Waals surface area contributed by atoms with Gasteiger partial charge in [0.2, 0.25) is 5.91 Å². The Labute approximate surface area is 165 Å². The number of fused-ring (bicyclic) bond motifs is 2. The summed E-state index contributed by atoms with van der Waals surface area (Å²) in [6.45, 7) is 2.50. The van der Waals surface area contributed by atoms with Crippen molar-refractivity contribution in [1.82, 2.24) is 10.2 Å². The summed E-state index contributed by atoms with van der Waals surface area (Å²) in [5.41, 5.74) is 0.0422. The molecular weight excluding hydrogens is 450 g/mol. The number of hydrogen-bond donors (Lipinski definition) is 2. The molecule has 2 saturated carbocycles. The number of amides is 2. The van der Waals surface area contributed by atoms with E-state index in [1.165, 1.54) is 4.90 Å². The minimum atomic E-state index is -0.963. The van der Waals surface area contributed by atoms with Gasteiger partial charge in [-0.15, -0.1) is 0 Å². The van der Waals surface area contributed by atoms with Crippen LogP contribution in [-0.2, 0) is 10.2 Å². The zero-order valence-electron chi connectivity index (χ0n) is 14.6. The lowest BCUT2D eigenvalue weighted by Gasteiger charge is -2.41. The fourth-order valence-electron chi connectivity index (χ4n) is 4.43. The van der Waals surface area contributed by atoms with Gasteiger partial charge in [0, 0.05) is 27.6 Å². The molecule has 0 radical (unpaired) electrons. The van der Waals surface area contributed by atoms with Gasteiger partial charge in [0.15, 0.2) is 0 Å². The summed E-state index contributed by atoms with van der Waals surface area (Å²) in [5.74, 6) is -0.160. The Hall–Kier alpha value is -1.22. The Balaban J connectivity index is 1.42. The molecule has 1 aromatic carbocycles. The number of rotatable bonds is 4. The Morgan fingerprint density at radius 3 is 2.73 bits per heavy atom. The number of nitrogens with zero attached hydrogens (tertiary/aromatic N) is 1. The maximum absolute atomic E-state index is 14.2. The van der Waals surface area contributed by atoms with Crippen molar-refractivity contribution >= 4 is 34.4 Å². The Bertz CT molecular complexity index is 776. The number of nitrogens with one attached hydrogen (secondary N) is 1. The average Bonchev–Trinajstić information content (AvgIpc) is 3.18. The molecular formula is C19H22FIN2O3. The Morgan fingerprint density at radius 2 is 2.12 bits per heavy atom. The average molecular weight is 472 g/mol. The van der Waals surface area contributed by atoms with E-state index in [1.807, 2.05) is 12.1 Å². The van der Waals surface area contributed by atoms with Crippen LogP contribution in [0.3, 0.4) is 0 Å². The molecule has 2 amide bonds. The number of benzene rings is 1. The van der Waals surface area contributed by atoms with Crippen LogP contribution >= 0.6 is 22.6 Å². The quantitative estimate of drug-likeness (QED) is 0.659. The number of carbonyl (C=O) groups excluding carboxylic acids is 2. The summed E-state index contributed by atoms with van der Waals surface area (Å²) in [5, 5.41) is 12.6. The summed E-state index contributed by atoms with van der Waals surface area (Å²) in [6, 6.07) is 5.48. The van der Waals surface area contributed by atoms with Crippen LogP contribution < -0.4 is 5.32 Å². The van der Waals surface area contributed by atoms with Crippen LogP contribution in [-0.4, -0.2) is 53.2 Å². The van der Waals surface area contributed by atoms with Crippen LogP contribution in [0.1, 0.15) is 42.1 Å². The minimum absolute atomic E-state index is 0.0537. The predicted octanol–water partition coefficient (Wildman–Crippen LogP) is 2.00. The molecule has 140 valence electrons. The van der Waals surface area contributed by atoms with Crippen molar-refractivity contribution in [1.29, 1.82) is 0 Å². The van der Waals surface area contributed by atoms with E-state index in [0.29, 0.717) is 31.4 Å². The summed E-state index contributed by atoms with van der Waals surface area (Å²) in [4.78, 5) is 26.5. The summed E-state index contributed by atoms with van der Waals surface area (Å²) in [6.07, 6.45) is 0.793. The summed E-state index contributed by atoms with van der Waals surface area (Å²) in [7, 11) is 0. The highest BCUT2D eigenvalue weighted by atomic mass is 127. The van der Waals surface area contributed by atoms with E-state index >= 15 is 0 Å². The van der Waals surface area contributed by atoms with Crippen LogP contribution in [0.15, 0.2) is 18.2 Å². The number of halogens is 2. The molecule has 26 heavy (non-hydrogen) atoms. The first-order valence-electron chi connectivity index (χ1n) is 8.93. The van der Waals surface area contributed by atoms with Gasteiger partial charge in [0.05, 0.1) is 12.1 Å². The number of carbonyl (C=O) groups is 2. The number of alkyl halides is 1. The third-order valence-corrected chi connectivity index (χ3v) is 6.54. The van der Waals surface area contributed by atoms with Crippen molar-refractivity contribution in [2.75, 3.05) is 19.6 Å². The normalized spacial score (nSPS) is 35.1. The molecule has 0 unspecified atom stereocenters. The fourth-order valence-corrected chi connectivity index (χ4v) is 4.92. The van der Waals surface area contributed by atoms with E-state index in [4.69, 9.17) is 0 Å². The fraction of sp³-hybridized carbons (Fsp3) is 0.579. The topological polar surface area (TPSA) is 69.6 Å². The van der Waals surface area contributed by atoms with Gasteiger partial charge in [0.25, 0.3) is 5.91 Å². The SMILES string of the molecule is CC1(O)CC(CNC(=O)CN2C[C@@]3(C[C@H]3F)c3cc(I)ccc3C2=O)C1. The third-order valence-electron chi connectivity index (χ3n) is 5.87. The molecule has 0 aromatic heterocycles. The molecule has 2 N–H and O–H groups in total. The van der Waals surface area contributed by atoms with Crippen LogP contribution in [0.2, 0.25) is 0 Å². The van der Waals surface area contributed by atoms with Gasteiger partial charge in [-0.1, -0.05) is 0 Å².